The lowest BCUT2D eigenvalue weighted by Gasteiger charge is -2.24. The summed E-state index contributed by atoms with van der Waals surface area (Å²) >= 11 is 2.84. The summed E-state index contributed by atoms with van der Waals surface area (Å²) in [6.45, 7) is 13.4. The lowest BCUT2D eigenvalue weighted by molar-refractivity contribution is -0.152. The molecule has 9 nitrogen and oxygen atoms in total. The van der Waals surface area contributed by atoms with Crippen molar-refractivity contribution in [1.82, 2.24) is 15.6 Å². The molecule has 206 valence electrons. The predicted molar refractivity (Wildman–Crippen MR) is 149 cm³/mol. The summed E-state index contributed by atoms with van der Waals surface area (Å²) in [5.41, 5.74) is 0.0910. The molecule has 2 N–H and O–H groups in total. The molecule has 2 rings (SSSR count). The number of rotatable bonds is 12. The van der Waals surface area contributed by atoms with Crippen molar-refractivity contribution < 1.29 is 23.9 Å². The van der Waals surface area contributed by atoms with E-state index in [-0.39, 0.29) is 24.5 Å². The Labute approximate surface area is 228 Å². The molecule has 1 aliphatic rings. The van der Waals surface area contributed by atoms with Gasteiger partial charge >= 0.3 is 12.1 Å². The quantitative estimate of drug-likeness (QED) is 0.281. The van der Waals surface area contributed by atoms with Crippen LogP contribution in [-0.4, -0.2) is 57.5 Å². The Kier molecular flexibility index (Phi) is 12.1. The number of thiazole rings is 1. The molecule has 0 bridgehead atoms. The van der Waals surface area contributed by atoms with Crippen LogP contribution in [0, 0.1) is 5.92 Å². The molecule has 2 heterocycles. The number of allylic oxidation sites excluding steroid dienone is 1. The fraction of sp³-hybridized carbons (Fsp3) is 0.654. The van der Waals surface area contributed by atoms with E-state index in [0.29, 0.717) is 27.9 Å². The van der Waals surface area contributed by atoms with E-state index in [1.165, 1.54) is 23.1 Å². The van der Waals surface area contributed by atoms with E-state index in [9.17, 15) is 14.4 Å². The average molecular weight is 553 g/mol. The van der Waals surface area contributed by atoms with E-state index < -0.39 is 29.7 Å². The molecule has 2 unspecified atom stereocenters. The van der Waals surface area contributed by atoms with Crippen molar-refractivity contribution in [2.24, 2.45) is 10.9 Å². The van der Waals surface area contributed by atoms with Gasteiger partial charge in [0.2, 0.25) is 5.91 Å². The fourth-order valence-electron chi connectivity index (χ4n) is 3.24. The van der Waals surface area contributed by atoms with E-state index >= 15 is 0 Å². The van der Waals surface area contributed by atoms with Gasteiger partial charge in [-0.25, -0.2) is 14.6 Å². The number of ether oxygens (including phenoxy) is 2. The summed E-state index contributed by atoms with van der Waals surface area (Å²) in [6, 6.07) is -1.37. The topological polar surface area (TPSA) is 119 Å². The first-order chi connectivity index (χ1) is 17.4. The highest BCUT2D eigenvalue weighted by atomic mass is 32.2. The summed E-state index contributed by atoms with van der Waals surface area (Å²) in [6.07, 6.45) is 5.74. The summed E-state index contributed by atoms with van der Waals surface area (Å²) in [4.78, 5) is 46.8. The van der Waals surface area contributed by atoms with Crippen molar-refractivity contribution in [2.75, 3.05) is 5.75 Å². The van der Waals surface area contributed by atoms with Crippen LogP contribution in [0.5, 0.6) is 0 Å². The monoisotopic (exact) mass is 552 g/mol. The number of aromatic nitrogens is 1. The molecule has 0 fully saturated rings. The molecule has 0 spiro atoms. The van der Waals surface area contributed by atoms with Gasteiger partial charge in [0.25, 0.3) is 0 Å². The molecular weight excluding hydrogens is 512 g/mol. The molecule has 11 heteroatoms. The van der Waals surface area contributed by atoms with E-state index in [4.69, 9.17) is 9.47 Å². The Morgan fingerprint density at radius 2 is 1.97 bits per heavy atom. The van der Waals surface area contributed by atoms with Crippen molar-refractivity contribution in [3.05, 3.63) is 28.2 Å². The van der Waals surface area contributed by atoms with Crippen molar-refractivity contribution in [3.8, 4) is 0 Å². The smallest absolute Gasteiger partial charge is 0.408 e. The lowest BCUT2D eigenvalue weighted by atomic mass is 10.0. The molecule has 2 amide bonds. The molecule has 37 heavy (non-hydrogen) atoms. The number of carbonyl (C=O) groups excluding carboxylic acids is 3. The zero-order valence-electron chi connectivity index (χ0n) is 22.8. The number of hydrogen-bond donors (Lipinski definition) is 2. The molecule has 1 aliphatic heterocycles. The average Bonchev–Trinajstić information content (AvgIpc) is 3.49. The largest absolute Gasteiger partial charge is 0.457 e. The number of nitrogens with zero attached hydrogens (tertiary/aromatic N) is 2. The van der Waals surface area contributed by atoms with Gasteiger partial charge in [-0.05, 0) is 45.6 Å². The third-order valence-corrected chi connectivity index (χ3v) is 7.12. The normalized spacial score (nSPS) is 17.4. The number of esters is 1. The van der Waals surface area contributed by atoms with Gasteiger partial charge in [0.05, 0.1) is 6.54 Å². The molecule has 0 radical (unpaired) electrons. The Hall–Kier alpha value is -2.40. The van der Waals surface area contributed by atoms with Gasteiger partial charge in [0.1, 0.15) is 39.5 Å². The Morgan fingerprint density at radius 1 is 1.24 bits per heavy atom. The molecule has 1 aromatic heterocycles. The third-order valence-electron chi connectivity index (χ3n) is 5.20. The maximum absolute atomic E-state index is 13.0. The van der Waals surface area contributed by atoms with Gasteiger partial charge in [-0.3, -0.25) is 9.79 Å². The number of thioether (sulfide) groups is 1. The number of hydrogen-bond acceptors (Lipinski definition) is 9. The number of unbranched alkanes of at least 4 members (excludes halogenated alkanes) is 1. The van der Waals surface area contributed by atoms with E-state index in [2.05, 4.69) is 27.5 Å². The first-order valence-corrected chi connectivity index (χ1v) is 14.6. The van der Waals surface area contributed by atoms with Crippen LogP contribution in [-0.2, 0) is 25.6 Å². The SMILES string of the molecule is CCC/C=C/C(CC)OC(=O)C(NC(=O)[C@@H]1CSC(c2csc(CNC(=O)OC(C)(C)C)n2)=N1)C(C)C. The molecule has 0 saturated carbocycles. The van der Waals surface area contributed by atoms with Gasteiger partial charge in [0, 0.05) is 11.1 Å². The summed E-state index contributed by atoms with van der Waals surface area (Å²) in [5, 5.41) is 8.75. The second-order valence-corrected chi connectivity index (χ2v) is 12.0. The van der Waals surface area contributed by atoms with E-state index in [1.54, 1.807) is 20.8 Å². The van der Waals surface area contributed by atoms with Crippen LogP contribution >= 0.6 is 23.1 Å². The van der Waals surface area contributed by atoms with Crippen LogP contribution in [0.2, 0.25) is 0 Å². The number of aliphatic imine (C=N–C) groups is 1. The highest BCUT2D eigenvalue weighted by Gasteiger charge is 2.32. The highest BCUT2D eigenvalue weighted by molar-refractivity contribution is 8.14. The Bertz CT molecular complexity index is 984. The zero-order valence-corrected chi connectivity index (χ0v) is 24.5. The molecule has 1 aromatic rings. The van der Waals surface area contributed by atoms with E-state index in [0.717, 1.165) is 12.8 Å². The highest BCUT2D eigenvalue weighted by Crippen LogP contribution is 2.25. The van der Waals surface area contributed by atoms with Crippen molar-refractivity contribution in [3.63, 3.8) is 0 Å². The Morgan fingerprint density at radius 3 is 2.59 bits per heavy atom. The number of nitrogens with one attached hydrogen (secondary N) is 2. The second-order valence-electron chi connectivity index (χ2n) is 10.1. The van der Waals surface area contributed by atoms with Crippen molar-refractivity contribution >= 4 is 46.1 Å². The Balaban J connectivity index is 1.96. The second kappa shape index (κ2) is 14.5. The van der Waals surface area contributed by atoms with Crippen LogP contribution in [0.15, 0.2) is 22.5 Å². The summed E-state index contributed by atoms with van der Waals surface area (Å²) in [7, 11) is 0. The standard InChI is InChI=1S/C26H40N4O5S2/c1-8-10-11-12-17(9-2)34-24(32)21(16(3)4)30-22(31)18-14-37-23(29-18)19-15-36-20(28-19)13-27-25(33)35-26(5,6)7/h11-12,15-18,21H,8-10,13-14H2,1-7H3,(H,27,33)(H,30,31)/b12-11+/t17?,18-,21?/m0/s1. The van der Waals surface area contributed by atoms with E-state index in [1.807, 2.05) is 38.3 Å². The van der Waals surface area contributed by atoms with Crippen LogP contribution < -0.4 is 10.6 Å². The van der Waals surface area contributed by atoms with Gasteiger partial charge in [0.15, 0.2) is 0 Å². The zero-order chi connectivity index (χ0) is 27.6. The molecule has 0 saturated heterocycles. The predicted octanol–water partition coefficient (Wildman–Crippen LogP) is 4.85. The van der Waals surface area contributed by atoms with Crippen LogP contribution in [0.1, 0.15) is 78.4 Å². The van der Waals surface area contributed by atoms with Gasteiger partial charge < -0.3 is 20.1 Å². The van der Waals surface area contributed by atoms with Crippen LogP contribution in [0.25, 0.3) is 0 Å². The molecular formula is C26H40N4O5S2. The minimum atomic E-state index is -0.754. The van der Waals surface area contributed by atoms with Crippen LogP contribution in [0.3, 0.4) is 0 Å². The first-order valence-electron chi connectivity index (χ1n) is 12.7. The number of alkyl carbamates (subject to hydrolysis) is 1. The molecule has 0 aromatic carbocycles. The minimum absolute atomic E-state index is 0.135. The van der Waals surface area contributed by atoms with Gasteiger partial charge in [-0.1, -0.05) is 40.2 Å². The van der Waals surface area contributed by atoms with Crippen molar-refractivity contribution in [2.45, 2.75) is 98.1 Å². The summed E-state index contributed by atoms with van der Waals surface area (Å²) in [5.74, 6) is -0.422. The van der Waals surface area contributed by atoms with Gasteiger partial charge in [-0.2, -0.15) is 0 Å². The van der Waals surface area contributed by atoms with Gasteiger partial charge in [-0.15, -0.1) is 23.1 Å². The van der Waals surface area contributed by atoms with Crippen LogP contribution in [0.4, 0.5) is 4.79 Å². The molecule has 0 aliphatic carbocycles. The lowest BCUT2D eigenvalue weighted by Crippen LogP contribution is -2.49. The number of amides is 2. The minimum Gasteiger partial charge on any atom is -0.457 e. The summed E-state index contributed by atoms with van der Waals surface area (Å²) < 4.78 is 10.9. The third kappa shape index (κ3) is 10.5. The fourth-order valence-corrected chi connectivity index (χ4v) is 5.03. The van der Waals surface area contributed by atoms with Crippen molar-refractivity contribution in [1.29, 1.82) is 0 Å². The first kappa shape index (κ1) is 30.8. The maximum atomic E-state index is 13.0. The number of carbonyl (C=O) groups is 3. The maximum Gasteiger partial charge on any atom is 0.408 e. The molecule has 3 atom stereocenters.